The number of phenols is 1. The maximum Gasteiger partial charge on any atom is 0.251 e. The fourth-order valence-electron chi connectivity index (χ4n) is 2.19. The molecule has 0 aliphatic rings. The largest absolute Gasteiger partial charge is 0.508 e. The van der Waals surface area contributed by atoms with Gasteiger partial charge in [-0.3, -0.25) is 9.59 Å². The molecule has 0 heterocycles. The van der Waals surface area contributed by atoms with Crippen molar-refractivity contribution in [1.29, 1.82) is 5.41 Å². The third-order valence-corrected chi connectivity index (χ3v) is 3.51. The quantitative estimate of drug-likeness (QED) is 0.294. The number of anilines is 2. The molecule has 0 aromatic heterocycles. The topological polar surface area (TPSA) is 114 Å². The first-order valence-corrected chi connectivity index (χ1v) is 8.23. The molecule has 2 aromatic rings. The fourth-order valence-corrected chi connectivity index (χ4v) is 2.19. The van der Waals surface area contributed by atoms with Crippen LogP contribution in [0.25, 0.3) is 0 Å². The van der Waals surface area contributed by atoms with E-state index in [-0.39, 0.29) is 30.5 Å². The van der Waals surface area contributed by atoms with Crippen molar-refractivity contribution in [1.82, 2.24) is 10.6 Å². The van der Waals surface area contributed by atoms with Crippen LogP contribution in [-0.2, 0) is 4.79 Å². The van der Waals surface area contributed by atoms with Crippen LogP contribution in [0.5, 0.6) is 5.75 Å². The highest BCUT2D eigenvalue weighted by Gasteiger charge is 2.08. The van der Waals surface area contributed by atoms with E-state index in [1.54, 1.807) is 37.4 Å². The fraction of sp³-hybridized carbons (Fsp3) is 0.150. The third kappa shape index (κ3) is 6.66. The SMILES string of the molecule is C=C.CNC(=O)CCNC(=O)c1cccc(Nc2ccc(O)cc2C=N)c1. The second kappa shape index (κ2) is 11.1. The van der Waals surface area contributed by atoms with Gasteiger partial charge in [0.25, 0.3) is 5.91 Å². The number of phenolic OH excluding ortho intramolecular Hbond substituents is 1. The normalized spacial score (nSPS) is 9.37. The molecule has 0 saturated carbocycles. The van der Waals surface area contributed by atoms with Crippen LogP contribution in [0.1, 0.15) is 22.3 Å². The van der Waals surface area contributed by atoms with Crippen molar-refractivity contribution in [3.8, 4) is 5.75 Å². The van der Waals surface area contributed by atoms with E-state index in [4.69, 9.17) is 5.41 Å². The Kier molecular flexibility index (Phi) is 8.80. The number of carbonyl (C=O) groups excluding carboxylic acids is 2. The number of hydrogen-bond acceptors (Lipinski definition) is 5. The van der Waals surface area contributed by atoms with E-state index in [1.807, 2.05) is 0 Å². The Morgan fingerprint density at radius 2 is 1.93 bits per heavy atom. The predicted molar refractivity (Wildman–Crippen MR) is 108 cm³/mol. The van der Waals surface area contributed by atoms with Crippen LogP contribution in [0.4, 0.5) is 11.4 Å². The van der Waals surface area contributed by atoms with Gasteiger partial charge in [0.1, 0.15) is 5.75 Å². The van der Waals surface area contributed by atoms with E-state index in [0.717, 1.165) is 6.21 Å². The van der Waals surface area contributed by atoms with Crippen LogP contribution in [0.15, 0.2) is 55.6 Å². The van der Waals surface area contributed by atoms with Crippen molar-refractivity contribution < 1.29 is 14.7 Å². The maximum atomic E-state index is 12.1. The minimum absolute atomic E-state index is 0.0771. The van der Waals surface area contributed by atoms with Crippen molar-refractivity contribution in [3.63, 3.8) is 0 Å². The monoisotopic (exact) mass is 368 g/mol. The van der Waals surface area contributed by atoms with Gasteiger partial charge in [-0.05, 0) is 36.4 Å². The molecule has 7 nitrogen and oxygen atoms in total. The lowest BCUT2D eigenvalue weighted by Crippen LogP contribution is -2.29. The lowest BCUT2D eigenvalue weighted by molar-refractivity contribution is -0.120. The zero-order chi connectivity index (χ0) is 20.2. The highest BCUT2D eigenvalue weighted by Crippen LogP contribution is 2.24. The Bertz CT molecular complexity index is 806. The molecule has 5 N–H and O–H groups in total. The van der Waals surface area contributed by atoms with Gasteiger partial charge in [-0.25, -0.2) is 0 Å². The van der Waals surface area contributed by atoms with E-state index in [0.29, 0.717) is 22.5 Å². The first-order chi connectivity index (χ1) is 13.0. The summed E-state index contributed by atoms with van der Waals surface area (Å²) in [4.78, 5) is 23.3. The molecule has 0 bridgehead atoms. The first-order valence-electron chi connectivity index (χ1n) is 8.23. The first kappa shape index (κ1) is 21.4. The maximum absolute atomic E-state index is 12.1. The van der Waals surface area contributed by atoms with Gasteiger partial charge in [0.15, 0.2) is 0 Å². The number of rotatable bonds is 7. The van der Waals surface area contributed by atoms with Crippen LogP contribution >= 0.6 is 0 Å². The number of benzene rings is 2. The van der Waals surface area contributed by atoms with E-state index in [1.165, 1.54) is 12.1 Å². The van der Waals surface area contributed by atoms with Gasteiger partial charge in [-0.1, -0.05) is 6.07 Å². The predicted octanol–water partition coefficient (Wildman–Crippen LogP) is 2.80. The van der Waals surface area contributed by atoms with Crippen LogP contribution in [-0.4, -0.2) is 36.7 Å². The van der Waals surface area contributed by atoms with Gasteiger partial charge in [0.2, 0.25) is 5.91 Å². The summed E-state index contributed by atoms with van der Waals surface area (Å²) in [6, 6.07) is 11.5. The van der Waals surface area contributed by atoms with Crippen LogP contribution in [0.3, 0.4) is 0 Å². The van der Waals surface area contributed by atoms with Crippen LogP contribution < -0.4 is 16.0 Å². The molecule has 2 aromatic carbocycles. The summed E-state index contributed by atoms with van der Waals surface area (Å²) >= 11 is 0. The third-order valence-electron chi connectivity index (χ3n) is 3.51. The zero-order valence-electron chi connectivity index (χ0n) is 15.2. The highest BCUT2D eigenvalue weighted by atomic mass is 16.3. The van der Waals surface area contributed by atoms with Crippen LogP contribution in [0.2, 0.25) is 0 Å². The number of amides is 2. The summed E-state index contributed by atoms with van der Waals surface area (Å²) < 4.78 is 0. The van der Waals surface area contributed by atoms with Crippen molar-refractivity contribution in [2.24, 2.45) is 0 Å². The minimum atomic E-state index is -0.273. The number of aromatic hydroxyl groups is 1. The molecular weight excluding hydrogens is 344 g/mol. The molecule has 0 unspecified atom stereocenters. The molecule has 7 heteroatoms. The molecule has 0 atom stereocenters. The summed E-state index contributed by atoms with van der Waals surface area (Å²) in [6.07, 6.45) is 1.35. The average Bonchev–Trinajstić information content (AvgIpc) is 2.70. The molecule has 0 spiro atoms. The molecule has 142 valence electrons. The smallest absolute Gasteiger partial charge is 0.251 e. The van der Waals surface area contributed by atoms with Gasteiger partial charge in [-0.2, -0.15) is 0 Å². The second-order valence-electron chi connectivity index (χ2n) is 5.30. The molecule has 0 aliphatic heterocycles. The van der Waals surface area contributed by atoms with Gasteiger partial charge in [0.05, 0.1) is 0 Å². The molecule has 0 fully saturated rings. The van der Waals surface area contributed by atoms with E-state index < -0.39 is 0 Å². The Balaban J connectivity index is 0.00000176. The number of nitrogens with one attached hydrogen (secondary N) is 4. The zero-order valence-corrected chi connectivity index (χ0v) is 15.2. The highest BCUT2D eigenvalue weighted by molar-refractivity contribution is 5.96. The summed E-state index contributed by atoms with van der Waals surface area (Å²) in [5, 5.41) is 25.2. The molecule has 27 heavy (non-hydrogen) atoms. The number of hydrogen-bond donors (Lipinski definition) is 5. The summed E-state index contributed by atoms with van der Waals surface area (Å²) in [6.45, 7) is 6.26. The van der Waals surface area contributed by atoms with E-state index in [9.17, 15) is 14.7 Å². The van der Waals surface area contributed by atoms with Gasteiger partial charge < -0.3 is 26.5 Å². The van der Waals surface area contributed by atoms with Crippen molar-refractivity contribution in [3.05, 3.63) is 66.7 Å². The van der Waals surface area contributed by atoms with Gasteiger partial charge in [-0.15, -0.1) is 13.2 Å². The molecule has 0 aliphatic carbocycles. The lowest BCUT2D eigenvalue weighted by Gasteiger charge is -2.11. The average molecular weight is 368 g/mol. The molecule has 0 radical (unpaired) electrons. The van der Waals surface area contributed by atoms with Gasteiger partial charge in [0, 0.05) is 48.7 Å². The summed E-state index contributed by atoms with van der Waals surface area (Å²) in [5.74, 6) is -0.332. The minimum Gasteiger partial charge on any atom is -0.508 e. The van der Waals surface area contributed by atoms with E-state index in [2.05, 4.69) is 29.1 Å². The summed E-state index contributed by atoms with van der Waals surface area (Å²) in [5.41, 5.74) is 2.30. The lowest BCUT2D eigenvalue weighted by atomic mass is 10.1. The molecule has 2 amide bonds. The van der Waals surface area contributed by atoms with Crippen molar-refractivity contribution in [2.75, 3.05) is 18.9 Å². The van der Waals surface area contributed by atoms with Crippen molar-refractivity contribution in [2.45, 2.75) is 6.42 Å². The second-order valence-corrected chi connectivity index (χ2v) is 5.30. The van der Waals surface area contributed by atoms with Gasteiger partial charge >= 0.3 is 0 Å². The molecule has 2 rings (SSSR count). The Hall–Kier alpha value is -3.61. The standard InChI is InChI=1S/C18H20N4O3.C2H4/c1-20-17(24)7-8-21-18(25)12-3-2-4-14(9-12)22-16-6-5-15(23)10-13(16)11-19;1-2/h2-6,9-11,19,22-23H,7-8H2,1H3,(H,20,24)(H,21,25);1-2H2. The Morgan fingerprint density at radius 3 is 2.59 bits per heavy atom. The number of carbonyl (C=O) groups is 2. The van der Waals surface area contributed by atoms with Crippen LogP contribution in [0, 0.1) is 5.41 Å². The van der Waals surface area contributed by atoms with Crippen molar-refractivity contribution >= 4 is 29.4 Å². The Labute approximate surface area is 158 Å². The molecular formula is C20H24N4O3. The Morgan fingerprint density at radius 1 is 1.19 bits per heavy atom. The summed E-state index contributed by atoms with van der Waals surface area (Å²) in [7, 11) is 1.55. The molecule has 0 saturated heterocycles. The van der Waals surface area contributed by atoms with E-state index >= 15 is 0 Å².